The zero-order valence-corrected chi connectivity index (χ0v) is 18.3. The highest BCUT2D eigenvalue weighted by Gasteiger charge is 2.26. The molecule has 4 rings (SSSR count). The zero-order valence-electron chi connectivity index (χ0n) is 16.7. The van der Waals surface area contributed by atoms with Crippen molar-refractivity contribution in [2.75, 3.05) is 31.1 Å². The summed E-state index contributed by atoms with van der Waals surface area (Å²) < 4.78 is 6.88. The van der Waals surface area contributed by atoms with Gasteiger partial charge in [-0.3, -0.25) is 9.59 Å². The number of ether oxygens (including phenoxy) is 1. The molecule has 0 bridgehead atoms. The molecule has 0 unspecified atom stereocenters. The molecule has 1 aromatic heterocycles. The minimum absolute atomic E-state index is 0.0959. The third kappa shape index (κ3) is 4.69. The van der Waals surface area contributed by atoms with Crippen LogP contribution in [0, 0.1) is 0 Å². The van der Waals surface area contributed by atoms with Gasteiger partial charge in [0.05, 0.1) is 11.1 Å². The Morgan fingerprint density at radius 2 is 1.68 bits per heavy atom. The maximum absolute atomic E-state index is 13.2. The molecular formula is C23H21BrN4O3. The van der Waals surface area contributed by atoms with E-state index < -0.39 is 5.91 Å². The number of carbonyl (C=O) groups is 2. The van der Waals surface area contributed by atoms with Gasteiger partial charge in [0.25, 0.3) is 11.8 Å². The summed E-state index contributed by atoms with van der Waals surface area (Å²) in [7, 11) is 0. The number of carbonyl (C=O) groups excluding carboxylic acids is 2. The number of nitrogens with two attached hydrogens (primary N) is 1. The highest BCUT2D eigenvalue weighted by molar-refractivity contribution is 9.10. The summed E-state index contributed by atoms with van der Waals surface area (Å²) in [6, 6.07) is 18.1. The molecule has 3 aromatic rings. The summed E-state index contributed by atoms with van der Waals surface area (Å²) in [4.78, 5) is 33.0. The summed E-state index contributed by atoms with van der Waals surface area (Å²) in [5, 5.41) is 0. The van der Waals surface area contributed by atoms with Crippen LogP contribution < -0.4 is 15.4 Å². The first-order valence-corrected chi connectivity index (χ1v) is 10.6. The van der Waals surface area contributed by atoms with Gasteiger partial charge in [-0.2, -0.15) is 0 Å². The van der Waals surface area contributed by atoms with E-state index in [1.54, 1.807) is 35.4 Å². The minimum Gasteiger partial charge on any atom is -0.456 e. The van der Waals surface area contributed by atoms with Crippen LogP contribution in [0.4, 0.5) is 5.82 Å². The first-order chi connectivity index (χ1) is 15.0. The molecule has 0 radical (unpaired) electrons. The third-order valence-electron chi connectivity index (χ3n) is 5.06. The van der Waals surface area contributed by atoms with E-state index in [9.17, 15) is 9.59 Å². The number of anilines is 1. The minimum atomic E-state index is -0.514. The highest BCUT2D eigenvalue weighted by atomic mass is 79.9. The van der Waals surface area contributed by atoms with Crippen LogP contribution in [0.15, 0.2) is 71.3 Å². The van der Waals surface area contributed by atoms with Crippen molar-refractivity contribution in [2.24, 2.45) is 5.73 Å². The van der Waals surface area contributed by atoms with E-state index in [0.717, 1.165) is 4.47 Å². The average Bonchev–Trinajstić information content (AvgIpc) is 2.79. The number of pyridine rings is 1. The van der Waals surface area contributed by atoms with Crippen molar-refractivity contribution in [1.29, 1.82) is 0 Å². The molecule has 0 aliphatic carbocycles. The Morgan fingerprint density at radius 1 is 0.935 bits per heavy atom. The zero-order chi connectivity index (χ0) is 21.8. The number of hydrogen-bond acceptors (Lipinski definition) is 5. The standard InChI is InChI=1S/C23H21BrN4O3/c24-16-5-3-6-17(15-16)31-20-9-2-1-7-18(20)23(30)28-13-11-27(12-14-28)22-19(21(25)29)8-4-10-26-22/h1-10,15H,11-14H2,(H2,25,29). The van der Waals surface area contributed by atoms with Gasteiger partial charge in [0, 0.05) is 36.8 Å². The molecule has 2 N–H and O–H groups in total. The lowest BCUT2D eigenvalue weighted by atomic mass is 10.1. The molecule has 158 valence electrons. The first-order valence-electron chi connectivity index (χ1n) is 9.84. The van der Waals surface area contributed by atoms with Gasteiger partial charge >= 0.3 is 0 Å². The van der Waals surface area contributed by atoms with E-state index in [1.165, 1.54) is 0 Å². The number of rotatable bonds is 5. The van der Waals surface area contributed by atoms with Gasteiger partial charge in [-0.25, -0.2) is 4.98 Å². The van der Waals surface area contributed by atoms with E-state index in [1.807, 2.05) is 41.3 Å². The van der Waals surface area contributed by atoms with E-state index >= 15 is 0 Å². The molecule has 8 heteroatoms. The van der Waals surface area contributed by atoms with Gasteiger partial charge in [0.1, 0.15) is 17.3 Å². The Labute approximate surface area is 188 Å². The van der Waals surface area contributed by atoms with Crippen LogP contribution in [0.1, 0.15) is 20.7 Å². The van der Waals surface area contributed by atoms with Crippen molar-refractivity contribution in [1.82, 2.24) is 9.88 Å². The van der Waals surface area contributed by atoms with Crippen LogP contribution in [0.25, 0.3) is 0 Å². The van der Waals surface area contributed by atoms with Crippen molar-refractivity contribution in [3.8, 4) is 11.5 Å². The number of benzene rings is 2. The monoisotopic (exact) mass is 480 g/mol. The average molecular weight is 481 g/mol. The second-order valence-electron chi connectivity index (χ2n) is 7.07. The van der Waals surface area contributed by atoms with Gasteiger partial charge in [0.15, 0.2) is 0 Å². The Bertz CT molecular complexity index is 1110. The SMILES string of the molecule is NC(=O)c1cccnc1N1CCN(C(=O)c2ccccc2Oc2cccc(Br)c2)CC1. The number of aromatic nitrogens is 1. The molecule has 1 fully saturated rings. The number of piperazine rings is 1. The molecule has 7 nitrogen and oxygen atoms in total. The van der Waals surface area contributed by atoms with Crippen molar-refractivity contribution in [3.63, 3.8) is 0 Å². The summed E-state index contributed by atoms with van der Waals surface area (Å²) in [5.74, 6) is 1.10. The number of hydrogen-bond donors (Lipinski definition) is 1. The van der Waals surface area contributed by atoms with Crippen LogP contribution in [0.5, 0.6) is 11.5 Å². The molecule has 1 aliphatic heterocycles. The Kier molecular flexibility index (Phi) is 6.18. The molecule has 2 amide bonds. The van der Waals surface area contributed by atoms with Gasteiger partial charge < -0.3 is 20.3 Å². The smallest absolute Gasteiger partial charge is 0.257 e. The molecule has 0 spiro atoms. The van der Waals surface area contributed by atoms with E-state index in [-0.39, 0.29) is 5.91 Å². The number of nitrogens with zero attached hydrogens (tertiary/aromatic N) is 3. The van der Waals surface area contributed by atoms with Crippen molar-refractivity contribution in [3.05, 3.63) is 82.5 Å². The second kappa shape index (κ2) is 9.18. The quantitative estimate of drug-likeness (QED) is 0.601. The van der Waals surface area contributed by atoms with Crippen LogP contribution in [-0.2, 0) is 0 Å². The molecule has 1 saturated heterocycles. The lowest BCUT2D eigenvalue weighted by Gasteiger charge is -2.36. The molecule has 0 atom stereocenters. The Hall–Kier alpha value is -3.39. The van der Waals surface area contributed by atoms with Crippen LogP contribution in [0.2, 0.25) is 0 Å². The van der Waals surface area contributed by atoms with E-state index in [4.69, 9.17) is 10.5 Å². The highest BCUT2D eigenvalue weighted by Crippen LogP contribution is 2.28. The van der Waals surface area contributed by atoms with Crippen LogP contribution in [-0.4, -0.2) is 47.9 Å². The maximum Gasteiger partial charge on any atom is 0.257 e. The largest absolute Gasteiger partial charge is 0.456 e. The summed E-state index contributed by atoms with van der Waals surface area (Å²) in [5.41, 5.74) is 6.37. The second-order valence-corrected chi connectivity index (χ2v) is 7.99. The van der Waals surface area contributed by atoms with Crippen molar-refractivity contribution < 1.29 is 14.3 Å². The predicted octanol–water partition coefficient (Wildman–Crippen LogP) is 3.70. The Balaban J connectivity index is 1.48. The van der Waals surface area contributed by atoms with Gasteiger partial charge in [-0.05, 0) is 42.5 Å². The van der Waals surface area contributed by atoms with E-state index in [0.29, 0.717) is 54.6 Å². The lowest BCUT2D eigenvalue weighted by molar-refractivity contribution is 0.0743. The van der Waals surface area contributed by atoms with Crippen molar-refractivity contribution in [2.45, 2.75) is 0 Å². The molecule has 2 heterocycles. The lowest BCUT2D eigenvalue weighted by Crippen LogP contribution is -2.49. The normalized spacial score (nSPS) is 13.7. The summed E-state index contributed by atoms with van der Waals surface area (Å²) in [6.07, 6.45) is 1.63. The predicted molar refractivity (Wildman–Crippen MR) is 122 cm³/mol. The van der Waals surface area contributed by atoms with Gasteiger partial charge in [-0.15, -0.1) is 0 Å². The number of primary amides is 1. The number of para-hydroxylation sites is 1. The molecule has 31 heavy (non-hydrogen) atoms. The van der Waals surface area contributed by atoms with Gasteiger partial charge in [0.2, 0.25) is 0 Å². The molecule has 0 saturated carbocycles. The summed E-state index contributed by atoms with van der Waals surface area (Å²) >= 11 is 3.43. The number of amides is 2. The molecule has 1 aliphatic rings. The van der Waals surface area contributed by atoms with Gasteiger partial charge in [-0.1, -0.05) is 34.1 Å². The number of halogens is 1. The first kappa shape index (κ1) is 20.9. The Morgan fingerprint density at radius 3 is 2.42 bits per heavy atom. The fraction of sp³-hybridized carbons (Fsp3) is 0.174. The maximum atomic E-state index is 13.2. The molecule has 2 aromatic carbocycles. The summed E-state index contributed by atoms with van der Waals surface area (Å²) in [6.45, 7) is 2.10. The topological polar surface area (TPSA) is 88.8 Å². The van der Waals surface area contributed by atoms with Crippen LogP contribution >= 0.6 is 15.9 Å². The van der Waals surface area contributed by atoms with Crippen molar-refractivity contribution >= 4 is 33.6 Å². The third-order valence-corrected chi connectivity index (χ3v) is 5.55. The molecular weight excluding hydrogens is 460 g/mol. The fourth-order valence-corrected chi connectivity index (χ4v) is 3.90. The van der Waals surface area contributed by atoms with Crippen LogP contribution in [0.3, 0.4) is 0 Å². The fourth-order valence-electron chi connectivity index (χ4n) is 3.52. The van der Waals surface area contributed by atoms with E-state index in [2.05, 4.69) is 20.9 Å².